The number of aryl methyl sites for hydroxylation is 1. The molecule has 0 aliphatic rings. The van der Waals surface area contributed by atoms with Gasteiger partial charge in [0.25, 0.3) is 0 Å². The smallest absolute Gasteiger partial charge is 0.338 e. The van der Waals surface area contributed by atoms with Crippen molar-refractivity contribution in [3.8, 4) is 5.75 Å². The van der Waals surface area contributed by atoms with Crippen molar-refractivity contribution in [2.45, 2.75) is 26.5 Å². The van der Waals surface area contributed by atoms with E-state index in [9.17, 15) is 9.59 Å². The first-order valence-corrected chi connectivity index (χ1v) is 9.99. The fourth-order valence-electron chi connectivity index (χ4n) is 2.66. The third-order valence-electron chi connectivity index (χ3n) is 4.24. The van der Waals surface area contributed by atoms with Gasteiger partial charge in [-0.1, -0.05) is 36.4 Å². The topological polar surface area (TPSA) is 77.5 Å². The summed E-state index contributed by atoms with van der Waals surface area (Å²) in [6.07, 6.45) is 0.195. The Morgan fingerprint density at radius 1 is 1.14 bits per heavy atom. The molecule has 1 aromatic heterocycles. The van der Waals surface area contributed by atoms with E-state index in [2.05, 4.69) is 10.3 Å². The molecule has 150 valence electrons. The minimum atomic E-state index is -0.446. The van der Waals surface area contributed by atoms with Crippen molar-refractivity contribution in [2.24, 2.45) is 0 Å². The molecule has 0 saturated heterocycles. The third-order valence-corrected chi connectivity index (χ3v) is 5.14. The highest BCUT2D eigenvalue weighted by Gasteiger charge is 2.12. The lowest BCUT2D eigenvalue weighted by atomic mass is 10.1. The Morgan fingerprint density at radius 2 is 1.93 bits per heavy atom. The molecule has 29 heavy (non-hydrogen) atoms. The number of benzene rings is 2. The maximum Gasteiger partial charge on any atom is 0.338 e. The summed E-state index contributed by atoms with van der Waals surface area (Å²) < 4.78 is 10.6. The average Bonchev–Trinajstić information content (AvgIpc) is 3.18. The Kier molecular flexibility index (Phi) is 6.97. The van der Waals surface area contributed by atoms with Gasteiger partial charge in [0.1, 0.15) is 17.4 Å². The average molecular weight is 410 g/mol. The number of nitrogens with one attached hydrogen (secondary N) is 1. The van der Waals surface area contributed by atoms with E-state index in [1.54, 1.807) is 24.6 Å². The first-order valence-electron chi connectivity index (χ1n) is 9.11. The zero-order chi connectivity index (χ0) is 20.6. The maximum atomic E-state index is 12.2. The van der Waals surface area contributed by atoms with E-state index in [1.165, 1.54) is 11.3 Å². The number of methoxy groups -OCH3 is 1. The van der Waals surface area contributed by atoms with Crippen molar-refractivity contribution in [1.82, 2.24) is 10.3 Å². The van der Waals surface area contributed by atoms with Crippen LogP contribution in [0, 0.1) is 6.92 Å². The molecular formula is C22H22N2O4S. The van der Waals surface area contributed by atoms with Crippen molar-refractivity contribution in [2.75, 3.05) is 7.11 Å². The van der Waals surface area contributed by atoms with E-state index in [0.29, 0.717) is 28.6 Å². The summed E-state index contributed by atoms with van der Waals surface area (Å²) in [5.74, 6) is 0.0915. The second-order valence-electron chi connectivity index (χ2n) is 6.43. The number of carbonyl (C=O) groups excluding carboxylic acids is 2. The number of aromatic nitrogens is 1. The van der Waals surface area contributed by atoms with Gasteiger partial charge in [-0.25, -0.2) is 9.78 Å². The Hall–Kier alpha value is -3.19. The quantitative estimate of drug-likeness (QED) is 0.573. The van der Waals surface area contributed by atoms with Gasteiger partial charge in [0.15, 0.2) is 0 Å². The highest BCUT2D eigenvalue weighted by atomic mass is 32.1. The summed E-state index contributed by atoms with van der Waals surface area (Å²) in [6, 6.07) is 14.9. The molecule has 2 aromatic carbocycles. The molecule has 6 nitrogen and oxygen atoms in total. The zero-order valence-corrected chi connectivity index (χ0v) is 17.1. The van der Waals surface area contributed by atoms with Gasteiger partial charge in [0, 0.05) is 11.9 Å². The van der Waals surface area contributed by atoms with Crippen LogP contribution in [0.1, 0.15) is 32.2 Å². The van der Waals surface area contributed by atoms with E-state index in [-0.39, 0.29) is 18.9 Å². The SMILES string of the molecule is COc1cc(C(=O)OCc2csc(CC(=O)NCc3ccccc3)n2)ccc1C. The first-order chi connectivity index (χ1) is 14.0. The van der Waals surface area contributed by atoms with Gasteiger partial charge in [-0.15, -0.1) is 11.3 Å². The zero-order valence-electron chi connectivity index (χ0n) is 16.3. The van der Waals surface area contributed by atoms with Gasteiger partial charge in [-0.05, 0) is 30.2 Å². The van der Waals surface area contributed by atoms with Crippen LogP contribution in [0.3, 0.4) is 0 Å². The molecule has 1 amide bonds. The standard InChI is InChI=1S/C22H22N2O4S/c1-15-8-9-17(10-19(15)27-2)22(26)28-13-18-14-29-21(24-18)11-20(25)23-12-16-6-4-3-5-7-16/h3-10,14H,11-13H2,1-2H3,(H,23,25). The van der Waals surface area contributed by atoms with Crippen molar-refractivity contribution in [3.05, 3.63) is 81.3 Å². The Morgan fingerprint density at radius 3 is 2.69 bits per heavy atom. The summed E-state index contributed by atoms with van der Waals surface area (Å²) in [5, 5.41) is 5.35. The molecular weight excluding hydrogens is 388 g/mol. The number of esters is 1. The number of carbonyl (C=O) groups is 2. The molecule has 0 atom stereocenters. The maximum absolute atomic E-state index is 12.2. The van der Waals surface area contributed by atoms with Gasteiger partial charge in [-0.2, -0.15) is 0 Å². The lowest BCUT2D eigenvalue weighted by Crippen LogP contribution is -2.24. The van der Waals surface area contributed by atoms with Gasteiger partial charge < -0.3 is 14.8 Å². The molecule has 1 heterocycles. The Balaban J connectivity index is 1.48. The molecule has 1 N–H and O–H groups in total. The Labute approximate surface area is 173 Å². The molecule has 0 aliphatic heterocycles. The van der Waals surface area contributed by atoms with Crippen molar-refractivity contribution >= 4 is 23.2 Å². The summed E-state index contributed by atoms with van der Waals surface area (Å²) in [5.41, 5.74) is 3.02. The second kappa shape index (κ2) is 9.84. The predicted octanol–water partition coefficient (Wildman–Crippen LogP) is 3.68. The molecule has 3 aromatic rings. The molecule has 7 heteroatoms. The predicted molar refractivity (Wildman–Crippen MR) is 111 cm³/mol. The first kappa shape index (κ1) is 20.5. The van der Waals surface area contributed by atoms with Crippen LogP contribution in [-0.4, -0.2) is 24.0 Å². The molecule has 3 rings (SSSR count). The van der Waals surface area contributed by atoms with E-state index in [1.807, 2.05) is 43.3 Å². The minimum absolute atomic E-state index is 0.0527. The van der Waals surface area contributed by atoms with Gasteiger partial charge in [-0.3, -0.25) is 4.79 Å². The number of ether oxygens (including phenoxy) is 2. The number of amides is 1. The number of nitrogens with zero attached hydrogens (tertiary/aromatic N) is 1. The van der Waals surface area contributed by atoms with Crippen molar-refractivity contribution in [3.63, 3.8) is 0 Å². The molecule has 0 radical (unpaired) electrons. The monoisotopic (exact) mass is 410 g/mol. The summed E-state index contributed by atoms with van der Waals surface area (Å²) in [6.45, 7) is 2.44. The van der Waals surface area contributed by atoms with Crippen LogP contribution in [0.5, 0.6) is 5.75 Å². The van der Waals surface area contributed by atoms with Crippen LogP contribution >= 0.6 is 11.3 Å². The largest absolute Gasteiger partial charge is 0.496 e. The summed E-state index contributed by atoms with van der Waals surface area (Å²) >= 11 is 1.37. The normalized spacial score (nSPS) is 10.4. The molecule has 0 saturated carbocycles. The highest BCUT2D eigenvalue weighted by molar-refractivity contribution is 7.09. The molecule has 0 unspecified atom stereocenters. The molecule has 0 fully saturated rings. The second-order valence-corrected chi connectivity index (χ2v) is 7.37. The lowest BCUT2D eigenvalue weighted by molar-refractivity contribution is -0.120. The highest BCUT2D eigenvalue weighted by Crippen LogP contribution is 2.20. The number of hydrogen-bond donors (Lipinski definition) is 1. The minimum Gasteiger partial charge on any atom is -0.496 e. The Bertz CT molecular complexity index is 985. The van der Waals surface area contributed by atoms with Gasteiger partial charge in [0.05, 0.1) is 24.8 Å². The fraction of sp³-hybridized carbons (Fsp3) is 0.227. The summed E-state index contributed by atoms with van der Waals surface area (Å²) in [4.78, 5) is 28.7. The van der Waals surface area contributed by atoms with Crippen LogP contribution < -0.4 is 10.1 Å². The van der Waals surface area contributed by atoms with E-state index < -0.39 is 5.97 Å². The number of hydrogen-bond acceptors (Lipinski definition) is 6. The van der Waals surface area contributed by atoms with E-state index in [0.717, 1.165) is 11.1 Å². The number of rotatable bonds is 8. The van der Waals surface area contributed by atoms with Crippen molar-refractivity contribution < 1.29 is 19.1 Å². The van der Waals surface area contributed by atoms with E-state index in [4.69, 9.17) is 9.47 Å². The molecule has 0 aliphatic carbocycles. The number of thiazole rings is 1. The van der Waals surface area contributed by atoms with Crippen LogP contribution in [0.25, 0.3) is 0 Å². The van der Waals surface area contributed by atoms with Crippen LogP contribution in [0.4, 0.5) is 0 Å². The van der Waals surface area contributed by atoms with Gasteiger partial charge >= 0.3 is 5.97 Å². The van der Waals surface area contributed by atoms with Crippen LogP contribution in [-0.2, 0) is 29.1 Å². The fourth-order valence-corrected chi connectivity index (χ4v) is 3.44. The van der Waals surface area contributed by atoms with Gasteiger partial charge in [0.2, 0.25) is 5.91 Å². The van der Waals surface area contributed by atoms with Crippen LogP contribution in [0.15, 0.2) is 53.9 Å². The molecule has 0 spiro atoms. The third kappa shape index (κ3) is 5.89. The molecule has 0 bridgehead atoms. The van der Waals surface area contributed by atoms with Crippen LogP contribution in [0.2, 0.25) is 0 Å². The van der Waals surface area contributed by atoms with Crippen molar-refractivity contribution in [1.29, 1.82) is 0 Å². The van der Waals surface area contributed by atoms with E-state index >= 15 is 0 Å². The lowest BCUT2D eigenvalue weighted by Gasteiger charge is -2.07. The summed E-state index contributed by atoms with van der Waals surface area (Å²) in [7, 11) is 1.56.